The van der Waals surface area contributed by atoms with Gasteiger partial charge in [-0.1, -0.05) is 0 Å². The van der Waals surface area contributed by atoms with E-state index >= 15 is 0 Å². The van der Waals surface area contributed by atoms with Gasteiger partial charge in [0, 0.05) is 19.6 Å². The zero-order valence-electron chi connectivity index (χ0n) is 7.90. The summed E-state index contributed by atoms with van der Waals surface area (Å²) in [6, 6.07) is -0.987. The molecule has 0 aromatic carbocycles. The summed E-state index contributed by atoms with van der Waals surface area (Å²) in [6.45, 7) is 0.423. The van der Waals surface area contributed by atoms with Crippen molar-refractivity contribution in [3.63, 3.8) is 0 Å². The van der Waals surface area contributed by atoms with Crippen LogP contribution in [0.15, 0.2) is 0 Å². The molecule has 0 saturated heterocycles. The van der Waals surface area contributed by atoms with E-state index in [9.17, 15) is 9.59 Å². The maximum Gasteiger partial charge on any atom is 0.320 e. The first kappa shape index (κ1) is 12.9. The second kappa shape index (κ2) is 7.28. The first-order chi connectivity index (χ1) is 6.57. The highest BCUT2D eigenvalue weighted by Crippen LogP contribution is 1.94. The lowest BCUT2D eigenvalue weighted by atomic mass is 10.1. The Morgan fingerprint density at radius 2 is 2.07 bits per heavy atom. The van der Waals surface area contributed by atoms with Gasteiger partial charge in [-0.3, -0.25) is 9.59 Å². The first-order valence-electron chi connectivity index (χ1n) is 4.44. The van der Waals surface area contributed by atoms with Gasteiger partial charge < -0.3 is 21.3 Å². The molecule has 0 rings (SSSR count). The first-order valence-corrected chi connectivity index (χ1v) is 4.44. The van der Waals surface area contributed by atoms with Gasteiger partial charge in [-0.15, -0.1) is 0 Å². The van der Waals surface area contributed by atoms with Crippen molar-refractivity contribution in [2.45, 2.75) is 25.3 Å². The molecule has 0 spiro atoms. The highest BCUT2D eigenvalue weighted by atomic mass is 16.4. The molecular weight excluding hydrogens is 188 g/mol. The molecular formula is C8H16N2O4. The van der Waals surface area contributed by atoms with Crippen molar-refractivity contribution in [2.75, 3.05) is 13.2 Å². The molecule has 1 amide bonds. The average Bonchev–Trinajstić information content (AvgIpc) is 2.14. The van der Waals surface area contributed by atoms with Gasteiger partial charge in [0.1, 0.15) is 6.04 Å². The topological polar surface area (TPSA) is 113 Å². The van der Waals surface area contributed by atoms with Crippen LogP contribution < -0.4 is 11.1 Å². The smallest absolute Gasteiger partial charge is 0.320 e. The van der Waals surface area contributed by atoms with Crippen LogP contribution in [0.25, 0.3) is 0 Å². The van der Waals surface area contributed by atoms with E-state index in [-0.39, 0.29) is 25.4 Å². The minimum Gasteiger partial charge on any atom is -0.480 e. The quantitative estimate of drug-likeness (QED) is 0.384. The van der Waals surface area contributed by atoms with Crippen LogP contribution in [0.2, 0.25) is 0 Å². The molecule has 14 heavy (non-hydrogen) atoms. The minimum atomic E-state index is -1.10. The van der Waals surface area contributed by atoms with Gasteiger partial charge in [0.15, 0.2) is 0 Å². The number of carboxylic acid groups (broad SMARTS) is 1. The van der Waals surface area contributed by atoms with E-state index in [4.69, 9.17) is 15.9 Å². The predicted octanol–water partition coefficient (Wildman–Crippen LogP) is -1.32. The van der Waals surface area contributed by atoms with Crippen molar-refractivity contribution < 1.29 is 19.8 Å². The molecule has 5 N–H and O–H groups in total. The Labute approximate surface area is 82.1 Å². The third-order valence-electron chi connectivity index (χ3n) is 1.66. The number of nitrogens with two attached hydrogens (primary N) is 1. The van der Waals surface area contributed by atoms with E-state index in [2.05, 4.69) is 5.32 Å². The molecule has 1 atom stereocenters. The van der Waals surface area contributed by atoms with Crippen molar-refractivity contribution >= 4 is 11.9 Å². The van der Waals surface area contributed by atoms with Crippen molar-refractivity contribution in [3.8, 4) is 0 Å². The Kier molecular flexibility index (Phi) is 6.69. The Bertz CT molecular complexity index is 196. The van der Waals surface area contributed by atoms with Crippen LogP contribution in [0.3, 0.4) is 0 Å². The van der Waals surface area contributed by atoms with E-state index in [1.54, 1.807) is 0 Å². The Hall–Kier alpha value is -1.14. The molecule has 82 valence electrons. The van der Waals surface area contributed by atoms with Gasteiger partial charge in [-0.25, -0.2) is 0 Å². The predicted molar refractivity (Wildman–Crippen MR) is 49.6 cm³/mol. The summed E-state index contributed by atoms with van der Waals surface area (Å²) in [5, 5.41) is 19.4. The number of hydrogen-bond donors (Lipinski definition) is 4. The van der Waals surface area contributed by atoms with Crippen LogP contribution in [0.1, 0.15) is 19.3 Å². The second-order valence-corrected chi connectivity index (χ2v) is 2.91. The van der Waals surface area contributed by atoms with Gasteiger partial charge in [-0.2, -0.15) is 0 Å². The highest BCUT2D eigenvalue weighted by Gasteiger charge is 2.12. The van der Waals surface area contributed by atoms with Crippen LogP contribution in [-0.2, 0) is 9.59 Å². The molecule has 0 radical (unpaired) electrons. The van der Waals surface area contributed by atoms with E-state index < -0.39 is 12.0 Å². The highest BCUT2D eigenvalue weighted by molar-refractivity contribution is 5.78. The molecule has 6 nitrogen and oxygen atoms in total. The fourth-order valence-electron chi connectivity index (χ4n) is 0.805. The number of aliphatic hydroxyl groups is 1. The van der Waals surface area contributed by atoms with Gasteiger partial charge in [0.25, 0.3) is 0 Å². The Morgan fingerprint density at radius 1 is 1.43 bits per heavy atom. The van der Waals surface area contributed by atoms with Crippen molar-refractivity contribution in [1.29, 1.82) is 0 Å². The molecule has 0 aliphatic rings. The monoisotopic (exact) mass is 204 g/mol. The van der Waals surface area contributed by atoms with Crippen LogP contribution in [-0.4, -0.2) is 41.3 Å². The van der Waals surface area contributed by atoms with Crippen molar-refractivity contribution in [1.82, 2.24) is 5.32 Å². The van der Waals surface area contributed by atoms with Crippen molar-refractivity contribution in [2.24, 2.45) is 5.73 Å². The molecule has 0 bridgehead atoms. The number of carboxylic acids is 1. The summed E-state index contributed by atoms with van der Waals surface area (Å²) in [5.74, 6) is -1.34. The molecule has 0 aliphatic carbocycles. The van der Waals surface area contributed by atoms with Crippen LogP contribution in [0.5, 0.6) is 0 Å². The number of amides is 1. The lowest BCUT2D eigenvalue weighted by molar-refractivity contribution is -0.138. The molecule has 0 fully saturated rings. The van der Waals surface area contributed by atoms with Crippen LogP contribution in [0, 0.1) is 0 Å². The van der Waals surface area contributed by atoms with Crippen molar-refractivity contribution in [3.05, 3.63) is 0 Å². The van der Waals surface area contributed by atoms with E-state index in [1.807, 2.05) is 0 Å². The third kappa shape index (κ3) is 6.38. The molecule has 0 saturated carbocycles. The number of hydrogen-bond acceptors (Lipinski definition) is 4. The van der Waals surface area contributed by atoms with Gasteiger partial charge in [-0.05, 0) is 12.8 Å². The summed E-state index contributed by atoms with van der Waals surface area (Å²) in [4.78, 5) is 21.3. The van der Waals surface area contributed by atoms with Crippen LogP contribution >= 0.6 is 0 Å². The Morgan fingerprint density at radius 3 is 2.57 bits per heavy atom. The SMILES string of the molecule is N[C@H](CCC(=O)NCCCO)C(=O)O. The summed E-state index contributed by atoms with van der Waals surface area (Å²) >= 11 is 0. The number of aliphatic hydroxyl groups excluding tert-OH is 1. The second-order valence-electron chi connectivity index (χ2n) is 2.91. The van der Waals surface area contributed by atoms with Gasteiger partial charge >= 0.3 is 5.97 Å². The third-order valence-corrected chi connectivity index (χ3v) is 1.66. The lowest BCUT2D eigenvalue weighted by Crippen LogP contribution is -2.33. The summed E-state index contributed by atoms with van der Waals surface area (Å²) < 4.78 is 0. The number of aliphatic carboxylic acids is 1. The largest absolute Gasteiger partial charge is 0.480 e. The lowest BCUT2D eigenvalue weighted by Gasteiger charge is -2.06. The number of nitrogens with one attached hydrogen (secondary N) is 1. The summed E-state index contributed by atoms with van der Waals surface area (Å²) in [6.07, 6.45) is 0.718. The maximum absolute atomic E-state index is 11.0. The molecule has 0 heterocycles. The zero-order chi connectivity index (χ0) is 11.0. The van der Waals surface area contributed by atoms with E-state index in [0.29, 0.717) is 13.0 Å². The van der Waals surface area contributed by atoms with E-state index in [0.717, 1.165) is 0 Å². The molecule has 0 unspecified atom stereocenters. The number of rotatable bonds is 7. The fourth-order valence-corrected chi connectivity index (χ4v) is 0.805. The average molecular weight is 204 g/mol. The van der Waals surface area contributed by atoms with Gasteiger partial charge in [0.05, 0.1) is 0 Å². The van der Waals surface area contributed by atoms with Crippen LogP contribution in [0.4, 0.5) is 0 Å². The molecule has 0 aromatic heterocycles. The molecule has 6 heteroatoms. The number of carbonyl (C=O) groups excluding carboxylic acids is 1. The zero-order valence-corrected chi connectivity index (χ0v) is 7.90. The standard InChI is InChI=1S/C8H16N2O4/c9-6(8(13)14)2-3-7(12)10-4-1-5-11/h6,11H,1-5,9H2,(H,10,12)(H,13,14)/t6-/m1/s1. The number of carbonyl (C=O) groups is 2. The molecule has 0 aromatic rings. The summed E-state index contributed by atoms with van der Waals surface area (Å²) in [7, 11) is 0. The normalized spacial score (nSPS) is 12.1. The Balaban J connectivity index is 3.48. The molecule has 0 aliphatic heterocycles. The fraction of sp³-hybridized carbons (Fsp3) is 0.750. The summed E-state index contributed by atoms with van der Waals surface area (Å²) in [5.41, 5.74) is 5.20. The van der Waals surface area contributed by atoms with E-state index in [1.165, 1.54) is 0 Å². The minimum absolute atomic E-state index is 0.0227. The van der Waals surface area contributed by atoms with Gasteiger partial charge in [0.2, 0.25) is 5.91 Å². The maximum atomic E-state index is 11.0.